The zero-order valence-electron chi connectivity index (χ0n) is 12.5. The van der Waals surface area contributed by atoms with Crippen LogP contribution < -0.4 is 9.80 Å². The molecule has 0 N–H and O–H groups in total. The summed E-state index contributed by atoms with van der Waals surface area (Å²) in [5, 5.41) is 10.0. The SMILES string of the molecule is Cc1ccc(C#N)c(N2CCN(c3ccccc3Cl)CC2)n1. The van der Waals surface area contributed by atoms with Crippen molar-refractivity contribution in [1.29, 1.82) is 5.26 Å². The lowest BCUT2D eigenvalue weighted by atomic mass is 10.2. The third kappa shape index (κ3) is 2.86. The Morgan fingerprint density at radius 2 is 1.73 bits per heavy atom. The number of pyridine rings is 1. The highest BCUT2D eigenvalue weighted by molar-refractivity contribution is 6.33. The zero-order chi connectivity index (χ0) is 15.5. The summed E-state index contributed by atoms with van der Waals surface area (Å²) >= 11 is 6.27. The Labute approximate surface area is 135 Å². The molecular formula is C17H17ClN4. The van der Waals surface area contributed by atoms with E-state index in [4.69, 9.17) is 11.6 Å². The van der Waals surface area contributed by atoms with E-state index in [0.29, 0.717) is 5.56 Å². The van der Waals surface area contributed by atoms with E-state index in [2.05, 4.69) is 20.9 Å². The van der Waals surface area contributed by atoms with Crippen molar-refractivity contribution >= 4 is 23.1 Å². The highest BCUT2D eigenvalue weighted by Gasteiger charge is 2.21. The summed E-state index contributed by atoms with van der Waals surface area (Å²) in [6, 6.07) is 13.9. The summed E-state index contributed by atoms with van der Waals surface area (Å²) in [7, 11) is 0. The Morgan fingerprint density at radius 3 is 2.41 bits per heavy atom. The number of benzene rings is 1. The van der Waals surface area contributed by atoms with Crippen molar-refractivity contribution in [1.82, 2.24) is 4.98 Å². The summed E-state index contributed by atoms with van der Waals surface area (Å²) in [5.41, 5.74) is 2.64. The number of anilines is 2. The van der Waals surface area contributed by atoms with Gasteiger partial charge in [-0.3, -0.25) is 0 Å². The molecule has 3 rings (SSSR count). The third-order valence-electron chi connectivity index (χ3n) is 3.91. The average molecular weight is 313 g/mol. The van der Waals surface area contributed by atoms with Gasteiger partial charge in [0.1, 0.15) is 11.9 Å². The number of aryl methyl sites for hydroxylation is 1. The Bertz CT molecular complexity index is 715. The maximum Gasteiger partial charge on any atom is 0.146 e. The molecule has 1 aliphatic heterocycles. The van der Waals surface area contributed by atoms with Crippen molar-refractivity contribution in [3.05, 3.63) is 52.7 Å². The Morgan fingerprint density at radius 1 is 1.05 bits per heavy atom. The Hall–Kier alpha value is -2.25. The highest BCUT2D eigenvalue weighted by Crippen LogP contribution is 2.27. The second-order valence-electron chi connectivity index (χ2n) is 5.36. The van der Waals surface area contributed by atoms with Crippen molar-refractivity contribution in [3.63, 3.8) is 0 Å². The fraction of sp³-hybridized carbons (Fsp3) is 0.294. The molecule has 5 heteroatoms. The number of piperazine rings is 1. The summed E-state index contributed by atoms with van der Waals surface area (Å²) < 4.78 is 0. The summed E-state index contributed by atoms with van der Waals surface area (Å²) in [5.74, 6) is 0.793. The molecule has 2 heterocycles. The van der Waals surface area contributed by atoms with Gasteiger partial charge in [0.05, 0.1) is 16.3 Å². The molecule has 1 aliphatic rings. The van der Waals surface area contributed by atoms with Gasteiger partial charge < -0.3 is 9.80 Å². The van der Waals surface area contributed by atoms with Crippen LogP contribution in [0.5, 0.6) is 0 Å². The second kappa shape index (κ2) is 6.25. The number of para-hydroxylation sites is 1. The van der Waals surface area contributed by atoms with E-state index >= 15 is 0 Å². The van der Waals surface area contributed by atoms with Crippen molar-refractivity contribution in [2.75, 3.05) is 36.0 Å². The maximum absolute atomic E-state index is 9.26. The molecule has 1 aromatic heterocycles. The van der Waals surface area contributed by atoms with Gasteiger partial charge in [-0.2, -0.15) is 5.26 Å². The van der Waals surface area contributed by atoms with E-state index in [1.54, 1.807) is 0 Å². The minimum Gasteiger partial charge on any atom is -0.367 e. The van der Waals surface area contributed by atoms with E-state index in [9.17, 15) is 5.26 Å². The highest BCUT2D eigenvalue weighted by atomic mass is 35.5. The molecule has 0 atom stereocenters. The number of rotatable bonds is 2. The molecule has 22 heavy (non-hydrogen) atoms. The molecule has 0 unspecified atom stereocenters. The van der Waals surface area contributed by atoms with Crippen molar-refractivity contribution in [2.24, 2.45) is 0 Å². The third-order valence-corrected chi connectivity index (χ3v) is 4.23. The van der Waals surface area contributed by atoms with E-state index in [0.717, 1.165) is 48.4 Å². The average Bonchev–Trinajstić information content (AvgIpc) is 2.55. The summed E-state index contributed by atoms with van der Waals surface area (Å²) in [4.78, 5) is 9.00. The number of hydrogen-bond acceptors (Lipinski definition) is 4. The number of nitrogens with zero attached hydrogens (tertiary/aromatic N) is 4. The van der Waals surface area contributed by atoms with Gasteiger partial charge >= 0.3 is 0 Å². The van der Waals surface area contributed by atoms with Crippen molar-refractivity contribution in [2.45, 2.75) is 6.92 Å². The van der Waals surface area contributed by atoms with Crippen LogP contribution in [0.3, 0.4) is 0 Å². The molecule has 0 bridgehead atoms. The van der Waals surface area contributed by atoms with Crippen LogP contribution in [0.2, 0.25) is 5.02 Å². The van der Waals surface area contributed by atoms with Gasteiger partial charge in [-0.1, -0.05) is 23.7 Å². The molecule has 0 radical (unpaired) electrons. The smallest absolute Gasteiger partial charge is 0.146 e. The Balaban J connectivity index is 1.77. The molecule has 0 saturated carbocycles. The summed E-state index contributed by atoms with van der Waals surface area (Å²) in [6.45, 7) is 5.34. The van der Waals surface area contributed by atoms with Crippen molar-refractivity contribution in [3.8, 4) is 6.07 Å². The first-order valence-electron chi connectivity index (χ1n) is 7.31. The topological polar surface area (TPSA) is 43.2 Å². The predicted molar refractivity (Wildman–Crippen MR) is 89.6 cm³/mol. The monoisotopic (exact) mass is 312 g/mol. The molecule has 0 spiro atoms. The number of halogens is 1. The fourth-order valence-corrected chi connectivity index (χ4v) is 2.99. The van der Waals surface area contributed by atoms with E-state index in [1.807, 2.05) is 43.3 Å². The first-order valence-corrected chi connectivity index (χ1v) is 7.69. The molecule has 0 aliphatic carbocycles. The van der Waals surface area contributed by atoms with Crippen LogP contribution >= 0.6 is 11.6 Å². The first-order chi connectivity index (χ1) is 10.7. The van der Waals surface area contributed by atoms with Crippen LogP contribution in [0.15, 0.2) is 36.4 Å². The van der Waals surface area contributed by atoms with Crippen LogP contribution in [0.25, 0.3) is 0 Å². The van der Waals surface area contributed by atoms with Crippen LogP contribution in [-0.4, -0.2) is 31.2 Å². The van der Waals surface area contributed by atoms with Gasteiger partial charge in [-0.25, -0.2) is 4.98 Å². The van der Waals surface area contributed by atoms with Gasteiger partial charge in [0.25, 0.3) is 0 Å². The lowest BCUT2D eigenvalue weighted by Gasteiger charge is -2.37. The van der Waals surface area contributed by atoms with E-state index in [-0.39, 0.29) is 0 Å². The van der Waals surface area contributed by atoms with Gasteiger partial charge in [0, 0.05) is 31.9 Å². The molecule has 1 fully saturated rings. The van der Waals surface area contributed by atoms with E-state index < -0.39 is 0 Å². The molecule has 2 aromatic rings. The van der Waals surface area contributed by atoms with Crippen LogP contribution in [0.4, 0.5) is 11.5 Å². The van der Waals surface area contributed by atoms with Crippen LogP contribution in [-0.2, 0) is 0 Å². The molecule has 112 valence electrons. The predicted octanol–water partition coefficient (Wildman–Crippen LogP) is 3.24. The minimum atomic E-state index is 0.636. The normalized spacial score (nSPS) is 14.8. The van der Waals surface area contributed by atoms with Crippen LogP contribution in [0, 0.1) is 18.3 Å². The standard InChI is InChI=1S/C17H17ClN4/c1-13-6-7-14(12-19)17(20-13)22-10-8-21(9-11-22)16-5-3-2-4-15(16)18/h2-7H,8-11H2,1H3. The lowest BCUT2D eigenvalue weighted by molar-refractivity contribution is 0.646. The molecule has 4 nitrogen and oxygen atoms in total. The lowest BCUT2D eigenvalue weighted by Crippen LogP contribution is -2.47. The molecule has 0 amide bonds. The first kappa shape index (κ1) is 14.7. The second-order valence-corrected chi connectivity index (χ2v) is 5.77. The maximum atomic E-state index is 9.26. The molecule has 1 aromatic carbocycles. The van der Waals surface area contributed by atoms with Crippen LogP contribution in [0.1, 0.15) is 11.3 Å². The molecular weight excluding hydrogens is 296 g/mol. The minimum absolute atomic E-state index is 0.636. The Kier molecular flexibility index (Phi) is 4.17. The van der Waals surface area contributed by atoms with Crippen molar-refractivity contribution < 1.29 is 0 Å². The van der Waals surface area contributed by atoms with E-state index in [1.165, 1.54) is 0 Å². The van der Waals surface area contributed by atoms with Gasteiger partial charge in [-0.05, 0) is 31.2 Å². The van der Waals surface area contributed by atoms with Gasteiger partial charge in [0.15, 0.2) is 0 Å². The summed E-state index contributed by atoms with van der Waals surface area (Å²) in [6.07, 6.45) is 0. The zero-order valence-corrected chi connectivity index (χ0v) is 13.2. The van der Waals surface area contributed by atoms with Gasteiger partial charge in [-0.15, -0.1) is 0 Å². The number of nitriles is 1. The number of aromatic nitrogens is 1. The molecule has 1 saturated heterocycles. The van der Waals surface area contributed by atoms with Gasteiger partial charge in [0.2, 0.25) is 0 Å². The fourth-order valence-electron chi connectivity index (χ4n) is 2.74. The number of hydrogen-bond donors (Lipinski definition) is 0. The largest absolute Gasteiger partial charge is 0.367 e. The quantitative estimate of drug-likeness (QED) is 0.854.